The molecule has 1 aliphatic heterocycles. The SMILES string of the molecule is c1ccc2c(NCC3CCNC3)csc2c1. The standard InChI is InChI=1S/C13H16N2S/c1-2-4-13-11(3-1)12(9-16-13)15-8-10-5-6-14-7-10/h1-4,9-10,14-15H,5-8H2. The van der Waals surface area contributed by atoms with Crippen molar-refractivity contribution < 1.29 is 0 Å². The molecule has 1 unspecified atom stereocenters. The molecule has 0 amide bonds. The van der Waals surface area contributed by atoms with Crippen LogP contribution in [0.3, 0.4) is 0 Å². The molecule has 1 aromatic carbocycles. The molecule has 16 heavy (non-hydrogen) atoms. The lowest BCUT2D eigenvalue weighted by Crippen LogP contribution is -2.16. The van der Waals surface area contributed by atoms with Crippen molar-refractivity contribution in [3.8, 4) is 0 Å². The van der Waals surface area contributed by atoms with Gasteiger partial charge in [-0.2, -0.15) is 0 Å². The Labute approximate surface area is 99.7 Å². The summed E-state index contributed by atoms with van der Waals surface area (Å²) in [5.41, 5.74) is 1.30. The highest BCUT2D eigenvalue weighted by molar-refractivity contribution is 7.17. The second kappa shape index (κ2) is 4.44. The molecule has 3 rings (SSSR count). The highest BCUT2D eigenvalue weighted by Gasteiger charge is 2.14. The zero-order chi connectivity index (χ0) is 10.8. The van der Waals surface area contributed by atoms with Crippen molar-refractivity contribution in [1.82, 2.24) is 5.32 Å². The molecule has 1 aromatic heterocycles. The lowest BCUT2D eigenvalue weighted by molar-refractivity contribution is 0.616. The summed E-state index contributed by atoms with van der Waals surface area (Å²) in [5, 5.41) is 10.6. The molecular weight excluding hydrogens is 216 g/mol. The Balaban J connectivity index is 1.73. The molecule has 2 heterocycles. The van der Waals surface area contributed by atoms with Crippen LogP contribution in [0.15, 0.2) is 29.6 Å². The van der Waals surface area contributed by atoms with Gasteiger partial charge in [-0.25, -0.2) is 0 Å². The summed E-state index contributed by atoms with van der Waals surface area (Å²) in [5.74, 6) is 0.790. The maximum absolute atomic E-state index is 3.58. The quantitative estimate of drug-likeness (QED) is 0.850. The van der Waals surface area contributed by atoms with Gasteiger partial charge in [0.25, 0.3) is 0 Å². The molecule has 0 bridgehead atoms. The van der Waals surface area contributed by atoms with Crippen LogP contribution in [0.2, 0.25) is 0 Å². The number of hydrogen-bond acceptors (Lipinski definition) is 3. The summed E-state index contributed by atoms with van der Waals surface area (Å²) in [6.07, 6.45) is 1.30. The van der Waals surface area contributed by atoms with E-state index < -0.39 is 0 Å². The Morgan fingerprint density at radius 1 is 1.38 bits per heavy atom. The Bertz CT molecular complexity index is 471. The lowest BCUT2D eigenvalue weighted by atomic mass is 10.1. The maximum atomic E-state index is 3.58. The topological polar surface area (TPSA) is 24.1 Å². The molecule has 0 saturated carbocycles. The Morgan fingerprint density at radius 2 is 2.31 bits per heavy atom. The van der Waals surface area contributed by atoms with Gasteiger partial charge in [0, 0.05) is 22.0 Å². The largest absolute Gasteiger partial charge is 0.384 e. The summed E-state index contributed by atoms with van der Waals surface area (Å²) in [6, 6.07) is 8.59. The van der Waals surface area contributed by atoms with Crippen LogP contribution in [0.1, 0.15) is 6.42 Å². The van der Waals surface area contributed by atoms with Crippen LogP contribution in [0.25, 0.3) is 10.1 Å². The van der Waals surface area contributed by atoms with Gasteiger partial charge in [-0.3, -0.25) is 0 Å². The van der Waals surface area contributed by atoms with E-state index in [-0.39, 0.29) is 0 Å². The second-order valence-electron chi connectivity index (χ2n) is 4.39. The number of fused-ring (bicyclic) bond motifs is 1. The van der Waals surface area contributed by atoms with E-state index in [9.17, 15) is 0 Å². The van der Waals surface area contributed by atoms with Gasteiger partial charge in [-0.15, -0.1) is 11.3 Å². The minimum Gasteiger partial charge on any atom is -0.384 e. The van der Waals surface area contributed by atoms with E-state index in [1.165, 1.54) is 28.7 Å². The smallest absolute Gasteiger partial charge is 0.0529 e. The average molecular weight is 232 g/mol. The number of nitrogens with one attached hydrogen (secondary N) is 2. The highest BCUT2D eigenvalue weighted by atomic mass is 32.1. The van der Waals surface area contributed by atoms with Gasteiger partial charge >= 0.3 is 0 Å². The van der Waals surface area contributed by atoms with Gasteiger partial charge in [0.05, 0.1) is 5.69 Å². The summed E-state index contributed by atoms with van der Waals surface area (Å²) >= 11 is 1.82. The molecule has 0 aliphatic carbocycles. The van der Waals surface area contributed by atoms with E-state index >= 15 is 0 Å². The maximum Gasteiger partial charge on any atom is 0.0529 e. The first-order chi connectivity index (χ1) is 7.93. The van der Waals surface area contributed by atoms with Crippen molar-refractivity contribution in [2.24, 2.45) is 5.92 Å². The second-order valence-corrected chi connectivity index (χ2v) is 5.30. The molecule has 1 atom stereocenters. The third-order valence-electron chi connectivity index (χ3n) is 3.22. The zero-order valence-corrected chi connectivity index (χ0v) is 10.0. The first kappa shape index (κ1) is 10.1. The van der Waals surface area contributed by atoms with E-state index in [0.717, 1.165) is 19.0 Å². The molecule has 0 spiro atoms. The van der Waals surface area contributed by atoms with E-state index in [0.29, 0.717) is 0 Å². The van der Waals surface area contributed by atoms with Gasteiger partial charge in [-0.1, -0.05) is 18.2 Å². The predicted molar refractivity (Wildman–Crippen MR) is 71.3 cm³/mol. The van der Waals surface area contributed by atoms with Crippen LogP contribution in [-0.2, 0) is 0 Å². The molecule has 2 N–H and O–H groups in total. The van der Waals surface area contributed by atoms with Crippen molar-refractivity contribution in [2.75, 3.05) is 25.0 Å². The number of thiophene rings is 1. The van der Waals surface area contributed by atoms with Crippen LogP contribution >= 0.6 is 11.3 Å². The van der Waals surface area contributed by atoms with Crippen LogP contribution in [-0.4, -0.2) is 19.6 Å². The number of anilines is 1. The molecule has 0 radical (unpaired) electrons. The van der Waals surface area contributed by atoms with Crippen molar-refractivity contribution >= 4 is 27.1 Å². The van der Waals surface area contributed by atoms with Crippen LogP contribution in [0.5, 0.6) is 0 Å². The fourth-order valence-corrected chi connectivity index (χ4v) is 3.17. The van der Waals surface area contributed by atoms with Crippen molar-refractivity contribution in [3.63, 3.8) is 0 Å². The molecule has 1 fully saturated rings. The molecule has 2 aromatic rings. The van der Waals surface area contributed by atoms with Gasteiger partial charge in [0.2, 0.25) is 0 Å². The fourth-order valence-electron chi connectivity index (χ4n) is 2.26. The average Bonchev–Trinajstić information content (AvgIpc) is 2.96. The third kappa shape index (κ3) is 1.93. The van der Waals surface area contributed by atoms with Crippen LogP contribution in [0.4, 0.5) is 5.69 Å². The van der Waals surface area contributed by atoms with Gasteiger partial charge in [-0.05, 0) is 31.5 Å². The summed E-state index contributed by atoms with van der Waals surface area (Å²) in [7, 11) is 0. The number of benzene rings is 1. The monoisotopic (exact) mass is 232 g/mol. The van der Waals surface area contributed by atoms with E-state index in [4.69, 9.17) is 0 Å². The lowest BCUT2D eigenvalue weighted by Gasteiger charge is -2.10. The molecule has 2 nitrogen and oxygen atoms in total. The molecule has 1 saturated heterocycles. The summed E-state index contributed by atoms with van der Waals surface area (Å²) in [4.78, 5) is 0. The van der Waals surface area contributed by atoms with Crippen LogP contribution in [0, 0.1) is 5.92 Å². The van der Waals surface area contributed by atoms with Crippen molar-refractivity contribution in [3.05, 3.63) is 29.6 Å². The fraction of sp³-hybridized carbons (Fsp3) is 0.385. The summed E-state index contributed by atoms with van der Waals surface area (Å²) in [6.45, 7) is 3.43. The van der Waals surface area contributed by atoms with Gasteiger partial charge in [0.15, 0.2) is 0 Å². The zero-order valence-electron chi connectivity index (χ0n) is 9.20. The first-order valence-corrected chi connectivity index (χ1v) is 6.72. The Kier molecular flexibility index (Phi) is 2.80. The predicted octanol–water partition coefficient (Wildman–Crippen LogP) is 2.92. The van der Waals surface area contributed by atoms with E-state index in [1.807, 2.05) is 11.3 Å². The van der Waals surface area contributed by atoms with Gasteiger partial charge in [0.1, 0.15) is 0 Å². The van der Waals surface area contributed by atoms with E-state index in [2.05, 4.69) is 40.3 Å². The Hall–Kier alpha value is -1.06. The number of rotatable bonds is 3. The van der Waals surface area contributed by atoms with Crippen molar-refractivity contribution in [2.45, 2.75) is 6.42 Å². The highest BCUT2D eigenvalue weighted by Crippen LogP contribution is 2.30. The molecular formula is C13H16N2S. The van der Waals surface area contributed by atoms with Crippen molar-refractivity contribution in [1.29, 1.82) is 0 Å². The third-order valence-corrected chi connectivity index (χ3v) is 4.19. The van der Waals surface area contributed by atoms with Crippen LogP contribution < -0.4 is 10.6 Å². The minimum atomic E-state index is 0.790. The Morgan fingerprint density at radius 3 is 3.19 bits per heavy atom. The summed E-state index contributed by atoms with van der Waals surface area (Å²) < 4.78 is 1.37. The minimum absolute atomic E-state index is 0.790. The molecule has 3 heteroatoms. The molecule has 1 aliphatic rings. The molecule has 84 valence electrons. The normalized spacial score (nSPS) is 20.4. The first-order valence-electron chi connectivity index (χ1n) is 5.84. The number of hydrogen-bond donors (Lipinski definition) is 2. The van der Waals surface area contributed by atoms with E-state index in [1.54, 1.807) is 0 Å². The van der Waals surface area contributed by atoms with Gasteiger partial charge < -0.3 is 10.6 Å².